The summed E-state index contributed by atoms with van der Waals surface area (Å²) in [5.74, 6) is 1.15. The molecule has 0 saturated heterocycles. The Morgan fingerprint density at radius 1 is 1.11 bits per heavy atom. The predicted molar refractivity (Wildman–Crippen MR) is 116 cm³/mol. The molecule has 0 saturated carbocycles. The highest BCUT2D eigenvalue weighted by Gasteiger charge is 2.15. The minimum atomic E-state index is -0.406. The Hall–Kier alpha value is -1.27. The second-order valence-corrected chi connectivity index (χ2v) is 8.63. The molecule has 0 unspecified atom stereocenters. The van der Waals surface area contributed by atoms with Gasteiger partial charge in [-0.2, -0.15) is 5.10 Å². The van der Waals surface area contributed by atoms with E-state index >= 15 is 0 Å². The monoisotopic (exact) mass is 445 g/mol. The molecule has 1 heterocycles. The zero-order chi connectivity index (χ0) is 20.7. The van der Waals surface area contributed by atoms with Crippen LogP contribution in [0, 0.1) is 0 Å². The first kappa shape index (κ1) is 23.0. The zero-order valence-electron chi connectivity index (χ0n) is 16.4. The molecule has 0 spiro atoms. The average molecular weight is 447 g/mol. The van der Waals surface area contributed by atoms with Crippen molar-refractivity contribution in [3.63, 3.8) is 0 Å². The van der Waals surface area contributed by atoms with Crippen LogP contribution in [0.1, 0.15) is 31.9 Å². The minimum Gasteiger partial charge on any atom is -0.485 e. The van der Waals surface area contributed by atoms with E-state index in [4.69, 9.17) is 39.5 Å². The van der Waals surface area contributed by atoms with Gasteiger partial charge in [0, 0.05) is 24.8 Å². The number of halogens is 3. The number of benzene rings is 1. The maximum Gasteiger partial charge on any atom is 0.290 e. The molecule has 0 aliphatic carbocycles. The molecule has 1 aromatic carbocycles. The van der Waals surface area contributed by atoms with E-state index in [0.29, 0.717) is 31.5 Å². The fourth-order valence-electron chi connectivity index (χ4n) is 2.60. The van der Waals surface area contributed by atoms with Crippen molar-refractivity contribution in [3.8, 4) is 5.75 Å². The molecule has 0 fully saturated rings. The van der Waals surface area contributed by atoms with Crippen molar-refractivity contribution in [2.45, 2.75) is 39.5 Å². The number of aromatic nitrogens is 2. The summed E-state index contributed by atoms with van der Waals surface area (Å²) in [7, 11) is 0. The van der Waals surface area contributed by atoms with Gasteiger partial charge in [0.15, 0.2) is 10.8 Å². The van der Waals surface area contributed by atoms with Gasteiger partial charge in [-0.1, -0.05) is 56.6 Å². The molecule has 0 atom stereocenters. The van der Waals surface area contributed by atoms with Crippen LogP contribution in [0.25, 0.3) is 0 Å². The van der Waals surface area contributed by atoms with Gasteiger partial charge in [-0.25, -0.2) is 4.68 Å². The third-order valence-corrected chi connectivity index (χ3v) is 4.99. The van der Waals surface area contributed by atoms with E-state index in [1.54, 1.807) is 0 Å². The fourth-order valence-corrected chi connectivity index (χ4v) is 3.27. The maximum atomic E-state index is 12.5. The third-order valence-electron chi connectivity index (χ3n) is 4.30. The Morgan fingerprint density at radius 2 is 1.71 bits per heavy atom. The molecule has 0 radical (unpaired) electrons. The molecule has 2 rings (SSSR count). The number of hydrogen-bond donors (Lipinski definition) is 0. The van der Waals surface area contributed by atoms with Crippen LogP contribution >= 0.6 is 34.8 Å². The number of nitrogens with zero attached hydrogens (tertiary/aromatic N) is 3. The van der Waals surface area contributed by atoms with Crippen molar-refractivity contribution in [1.82, 2.24) is 14.7 Å². The standard InChI is InChI=1S/C20H26Cl3N3O2/c1-20(2,3)16-6-4-15(5-7-16)13-28-17-12-24-26(19(27)18(17)23)14-25(10-8-21)11-9-22/h4-7,12H,8-11,13-14H2,1-3H3. The quantitative estimate of drug-likeness (QED) is 0.532. The van der Waals surface area contributed by atoms with E-state index in [9.17, 15) is 4.79 Å². The summed E-state index contributed by atoms with van der Waals surface area (Å²) in [6.45, 7) is 8.28. The van der Waals surface area contributed by atoms with Crippen LogP contribution in [0.2, 0.25) is 5.02 Å². The summed E-state index contributed by atoms with van der Waals surface area (Å²) >= 11 is 17.8. The molecule has 154 valence electrons. The van der Waals surface area contributed by atoms with Gasteiger partial charge in [-0.15, -0.1) is 23.2 Å². The highest BCUT2D eigenvalue weighted by molar-refractivity contribution is 6.31. The van der Waals surface area contributed by atoms with Gasteiger partial charge < -0.3 is 4.74 Å². The van der Waals surface area contributed by atoms with E-state index < -0.39 is 5.56 Å². The smallest absolute Gasteiger partial charge is 0.290 e. The van der Waals surface area contributed by atoms with Gasteiger partial charge >= 0.3 is 0 Å². The van der Waals surface area contributed by atoms with Crippen LogP contribution < -0.4 is 10.3 Å². The SMILES string of the molecule is CC(C)(C)c1ccc(COc2cnn(CN(CCCl)CCCl)c(=O)c2Cl)cc1. The van der Waals surface area contributed by atoms with Crippen molar-refractivity contribution in [2.75, 3.05) is 24.8 Å². The summed E-state index contributed by atoms with van der Waals surface area (Å²) in [4.78, 5) is 14.4. The lowest BCUT2D eigenvalue weighted by Gasteiger charge is -2.20. The largest absolute Gasteiger partial charge is 0.485 e. The average Bonchev–Trinajstić information content (AvgIpc) is 2.65. The van der Waals surface area contributed by atoms with Crippen molar-refractivity contribution >= 4 is 34.8 Å². The van der Waals surface area contributed by atoms with Crippen molar-refractivity contribution in [2.24, 2.45) is 0 Å². The topological polar surface area (TPSA) is 47.4 Å². The van der Waals surface area contributed by atoms with E-state index in [1.807, 2.05) is 17.0 Å². The predicted octanol–water partition coefficient (Wildman–Crippen LogP) is 4.51. The number of hydrogen-bond acceptors (Lipinski definition) is 4. The van der Waals surface area contributed by atoms with Gasteiger partial charge in [0.05, 0.1) is 12.9 Å². The second kappa shape index (κ2) is 10.5. The van der Waals surface area contributed by atoms with E-state index in [1.165, 1.54) is 16.4 Å². The van der Waals surface area contributed by atoms with E-state index in [0.717, 1.165) is 5.56 Å². The summed E-state index contributed by atoms with van der Waals surface area (Å²) in [6.07, 6.45) is 1.47. The molecule has 1 aromatic heterocycles. The van der Waals surface area contributed by atoms with Crippen LogP contribution in [0.3, 0.4) is 0 Å². The van der Waals surface area contributed by atoms with Gasteiger partial charge in [0.2, 0.25) is 0 Å². The molecule has 0 aliphatic rings. The summed E-state index contributed by atoms with van der Waals surface area (Å²) in [5, 5.41) is 4.18. The van der Waals surface area contributed by atoms with Crippen LogP contribution in [-0.2, 0) is 18.7 Å². The normalized spacial score (nSPS) is 11.8. The first-order valence-corrected chi connectivity index (χ1v) is 10.5. The summed E-state index contributed by atoms with van der Waals surface area (Å²) in [5.41, 5.74) is 1.93. The Balaban J connectivity index is 2.07. The number of alkyl halides is 2. The fraction of sp³-hybridized carbons (Fsp3) is 0.500. The van der Waals surface area contributed by atoms with Crippen LogP contribution in [0.15, 0.2) is 35.3 Å². The van der Waals surface area contributed by atoms with Gasteiger partial charge in [0.25, 0.3) is 5.56 Å². The van der Waals surface area contributed by atoms with Gasteiger partial charge in [-0.05, 0) is 16.5 Å². The van der Waals surface area contributed by atoms with Gasteiger partial charge in [-0.3, -0.25) is 9.69 Å². The lowest BCUT2D eigenvalue weighted by Crippen LogP contribution is -2.36. The summed E-state index contributed by atoms with van der Waals surface area (Å²) < 4.78 is 7.00. The molecule has 0 aliphatic heterocycles. The van der Waals surface area contributed by atoms with Gasteiger partial charge in [0.1, 0.15) is 6.61 Å². The molecule has 0 N–H and O–H groups in total. The lowest BCUT2D eigenvalue weighted by molar-refractivity contribution is 0.224. The Morgan fingerprint density at radius 3 is 2.25 bits per heavy atom. The minimum absolute atomic E-state index is 0.0120. The Labute approximate surface area is 181 Å². The second-order valence-electron chi connectivity index (χ2n) is 7.50. The zero-order valence-corrected chi connectivity index (χ0v) is 18.7. The first-order valence-electron chi connectivity index (χ1n) is 9.08. The molecular weight excluding hydrogens is 421 g/mol. The van der Waals surface area contributed by atoms with Crippen LogP contribution in [0.5, 0.6) is 5.75 Å². The molecule has 8 heteroatoms. The third kappa shape index (κ3) is 6.38. The number of rotatable bonds is 9. The van der Waals surface area contributed by atoms with Crippen molar-refractivity contribution in [1.29, 1.82) is 0 Å². The molecule has 5 nitrogen and oxygen atoms in total. The molecule has 0 amide bonds. The van der Waals surface area contributed by atoms with Crippen molar-refractivity contribution < 1.29 is 4.74 Å². The Bertz CT molecular complexity index is 811. The van der Waals surface area contributed by atoms with Crippen LogP contribution in [-0.4, -0.2) is 39.5 Å². The van der Waals surface area contributed by atoms with Crippen molar-refractivity contribution in [3.05, 3.63) is 57.0 Å². The molecule has 2 aromatic rings. The molecule has 0 bridgehead atoms. The molecular formula is C20H26Cl3N3O2. The maximum absolute atomic E-state index is 12.5. The first-order chi connectivity index (χ1) is 13.3. The van der Waals surface area contributed by atoms with Crippen LogP contribution in [0.4, 0.5) is 0 Å². The lowest BCUT2D eigenvalue weighted by atomic mass is 9.87. The Kier molecular flexibility index (Phi) is 8.62. The highest BCUT2D eigenvalue weighted by Crippen LogP contribution is 2.23. The number of ether oxygens (including phenoxy) is 1. The highest BCUT2D eigenvalue weighted by atomic mass is 35.5. The van der Waals surface area contributed by atoms with E-state index in [-0.39, 0.29) is 22.9 Å². The van der Waals surface area contributed by atoms with E-state index in [2.05, 4.69) is 38.0 Å². The molecule has 28 heavy (non-hydrogen) atoms. The summed E-state index contributed by atoms with van der Waals surface area (Å²) in [6, 6.07) is 8.19.